The van der Waals surface area contributed by atoms with E-state index >= 15 is 0 Å². The summed E-state index contributed by atoms with van der Waals surface area (Å²) in [4.78, 5) is 17.2. The number of carbonyl (C=O) groups is 1. The number of nitrogens with zero attached hydrogens (tertiary/aromatic N) is 1. The topological polar surface area (TPSA) is 96.6 Å². The molecule has 0 bridgehead atoms. The Kier molecular flexibility index (Phi) is 7.37. The number of benzene rings is 3. The first-order valence-electron chi connectivity index (χ1n) is 11.1. The molecule has 0 saturated heterocycles. The number of phenolic OH excluding ortho intramolecular Hbond substituents is 1. The number of anilines is 1. The molecule has 3 N–H and O–H groups in total. The van der Waals surface area contributed by atoms with Crippen LogP contribution in [-0.2, 0) is 6.42 Å². The molecule has 4 rings (SSSR count). The SMILES string of the molecule is CCOc1ccc(C(=O)NC(=S)Nc2cc(C)c(O)c(-c3nc4cc(CC)ccc4o3)c2)cc1Br. The van der Waals surface area contributed by atoms with Gasteiger partial charge in [0.2, 0.25) is 5.89 Å². The second-order valence-corrected chi connectivity index (χ2v) is 9.11. The maximum atomic E-state index is 12.7. The van der Waals surface area contributed by atoms with E-state index in [1.165, 1.54) is 0 Å². The molecule has 0 unspecified atom stereocenters. The standard InChI is InChI=1S/C26H24BrN3O4S/c1-4-15-6-8-22-20(11-15)29-25(34-22)18-13-17(10-14(3)23(18)31)28-26(35)30-24(32)16-7-9-21(33-5-2)19(27)12-16/h6-13,31H,4-5H2,1-3H3,(H2,28,30,32,35). The molecule has 180 valence electrons. The van der Waals surface area contributed by atoms with E-state index in [1.54, 1.807) is 37.3 Å². The fourth-order valence-electron chi connectivity index (χ4n) is 3.58. The zero-order valence-corrected chi connectivity index (χ0v) is 21.8. The van der Waals surface area contributed by atoms with Crippen molar-refractivity contribution in [3.8, 4) is 23.0 Å². The van der Waals surface area contributed by atoms with Crippen LogP contribution in [0, 0.1) is 6.92 Å². The number of oxazole rings is 1. The number of carbonyl (C=O) groups excluding carboxylic acids is 1. The fourth-order valence-corrected chi connectivity index (χ4v) is 4.28. The molecule has 1 aromatic heterocycles. The van der Waals surface area contributed by atoms with E-state index in [0.717, 1.165) is 17.5 Å². The van der Waals surface area contributed by atoms with Crippen molar-refractivity contribution in [2.45, 2.75) is 27.2 Å². The lowest BCUT2D eigenvalue weighted by molar-refractivity contribution is 0.0977. The van der Waals surface area contributed by atoms with E-state index in [9.17, 15) is 9.90 Å². The molecule has 0 spiro atoms. The monoisotopic (exact) mass is 553 g/mol. The van der Waals surface area contributed by atoms with Gasteiger partial charge in [0.1, 0.15) is 17.0 Å². The number of rotatable bonds is 6. The molecule has 0 fully saturated rings. The average molecular weight is 554 g/mol. The van der Waals surface area contributed by atoms with Crippen LogP contribution < -0.4 is 15.4 Å². The Morgan fingerprint density at radius 3 is 2.69 bits per heavy atom. The van der Waals surface area contributed by atoms with Crippen molar-refractivity contribution in [1.29, 1.82) is 0 Å². The first-order chi connectivity index (χ1) is 16.8. The highest BCUT2D eigenvalue weighted by molar-refractivity contribution is 9.10. The van der Waals surface area contributed by atoms with Gasteiger partial charge in [-0.25, -0.2) is 4.98 Å². The summed E-state index contributed by atoms with van der Waals surface area (Å²) >= 11 is 8.76. The molecule has 1 amide bonds. The lowest BCUT2D eigenvalue weighted by Gasteiger charge is -2.13. The number of aromatic hydroxyl groups is 1. The maximum Gasteiger partial charge on any atom is 0.257 e. The average Bonchev–Trinajstić information content (AvgIpc) is 3.25. The predicted molar refractivity (Wildman–Crippen MR) is 144 cm³/mol. The van der Waals surface area contributed by atoms with E-state index in [-0.39, 0.29) is 16.8 Å². The number of aryl methyl sites for hydroxylation is 2. The molecule has 0 radical (unpaired) electrons. The number of phenols is 1. The van der Waals surface area contributed by atoms with Crippen LogP contribution in [0.15, 0.2) is 57.4 Å². The van der Waals surface area contributed by atoms with Crippen molar-refractivity contribution in [3.63, 3.8) is 0 Å². The highest BCUT2D eigenvalue weighted by Gasteiger charge is 2.17. The van der Waals surface area contributed by atoms with Crippen LogP contribution in [0.25, 0.3) is 22.6 Å². The van der Waals surface area contributed by atoms with E-state index in [0.29, 0.717) is 50.7 Å². The van der Waals surface area contributed by atoms with E-state index < -0.39 is 0 Å². The Bertz CT molecular complexity index is 1430. The van der Waals surface area contributed by atoms with Crippen molar-refractivity contribution >= 4 is 56.0 Å². The number of nitrogens with one attached hydrogen (secondary N) is 2. The molecule has 9 heteroatoms. The molecule has 1 heterocycles. The second kappa shape index (κ2) is 10.5. The van der Waals surface area contributed by atoms with Crippen molar-refractivity contribution in [3.05, 3.63) is 69.7 Å². The Labute approximate surface area is 216 Å². The minimum atomic E-state index is -0.368. The number of halogens is 1. The Hall–Kier alpha value is -3.43. The fraction of sp³-hybridized carbons (Fsp3) is 0.192. The maximum absolute atomic E-state index is 12.7. The third-order valence-electron chi connectivity index (χ3n) is 5.37. The minimum Gasteiger partial charge on any atom is -0.507 e. The van der Waals surface area contributed by atoms with Gasteiger partial charge >= 0.3 is 0 Å². The van der Waals surface area contributed by atoms with Gasteiger partial charge in [-0.3, -0.25) is 10.1 Å². The van der Waals surface area contributed by atoms with Gasteiger partial charge in [-0.1, -0.05) is 13.0 Å². The summed E-state index contributed by atoms with van der Waals surface area (Å²) in [5.74, 6) is 0.647. The number of ether oxygens (including phenoxy) is 1. The quantitative estimate of drug-likeness (QED) is 0.189. The van der Waals surface area contributed by atoms with Crippen molar-refractivity contribution in [2.75, 3.05) is 11.9 Å². The van der Waals surface area contributed by atoms with Gasteiger partial charge in [-0.15, -0.1) is 0 Å². The number of hydrogen-bond acceptors (Lipinski definition) is 6. The lowest BCUT2D eigenvalue weighted by Crippen LogP contribution is -2.34. The number of hydrogen-bond donors (Lipinski definition) is 3. The van der Waals surface area contributed by atoms with Crippen molar-refractivity contribution in [1.82, 2.24) is 10.3 Å². The molecule has 0 aliphatic heterocycles. The Balaban J connectivity index is 1.53. The summed E-state index contributed by atoms with van der Waals surface area (Å²) in [5, 5.41) is 16.5. The van der Waals surface area contributed by atoms with Crippen LogP contribution in [0.1, 0.15) is 35.3 Å². The summed E-state index contributed by atoms with van der Waals surface area (Å²) in [6, 6.07) is 14.3. The van der Waals surface area contributed by atoms with E-state index in [4.69, 9.17) is 21.4 Å². The van der Waals surface area contributed by atoms with E-state index in [2.05, 4.69) is 38.5 Å². The molecule has 0 aliphatic carbocycles. The normalized spacial score (nSPS) is 10.9. The molecule has 35 heavy (non-hydrogen) atoms. The number of amides is 1. The first-order valence-corrected chi connectivity index (χ1v) is 12.3. The van der Waals surface area contributed by atoms with Crippen LogP contribution in [0.3, 0.4) is 0 Å². The van der Waals surface area contributed by atoms with Crippen molar-refractivity contribution < 1.29 is 19.1 Å². The van der Waals surface area contributed by atoms with Gasteiger partial charge in [-0.2, -0.15) is 0 Å². The van der Waals surface area contributed by atoms with Gasteiger partial charge < -0.3 is 19.6 Å². The predicted octanol–water partition coefficient (Wildman–Crippen LogP) is 6.36. The molecular weight excluding hydrogens is 530 g/mol. The molecular formula is C26H24BrN3O4S. The highest BCUT2D eigenvalue weighted by atomic mass is 79.9. The summed E-state index contributed by atoms with van der Waals surface area (Å²) in [6.07, 6.45) is 0.888. The first kappa shape index (κ1) is 24.7. The van der Waals surface area contributed by atoms with Crippen molar-refractivity contribution in [2.24, 2.45) is 0 Å². The van der Waals surface area contributed by atoms with Gasteiger partial charge in [0, 0.05) is 11.3 Å². The largest absolute Gasteiger partial charge is 0.507 e. The molecule has 4 aromatic rings. The van der Waals surface area contributed by atoms with Gasteiger partial charge in [-0.05, 0) is 102 Å². The molecule has 0 saturated carbocycles. The zero-order valence-electron chi connectivity index (χ0n) is 19.4. The third-order valence-corrected chi connectivity index (χ3v) is 6.19. The van der Waals surface area contributed by atoms with E-state index in [1.807, 2.05) is 25.1 Å². The summed E-state index contributed by atoms with van der Waals surface area (Å²) < 4.78 is 12.0. The van der Waals surface area contributed by atoms with Crippen LogP contribution in [-0.4, -0.2) is 27.7 Å². The number of fused-ring (bicyclic) bond motifs is 1. The highest BCUT2D eigenvalue weighted by Crippen LogP contribution is 2.36. The van der Waals surface area contributed by atoms with Crippen LogP contribution in [0.4, 0.5) is 5.69 Å². The number of aromatic nitrogens is 1. The third kappa shape index (κ3) is 5.47. The molecule has 0 aliphatic rings. The van der Waals surface area contributed by atoms with Gasteiger partial charge in [0.25, 0.3) is 5.91 Å². The zero-order chi connectivity index (χ0) is 25.1. The summed E-state index contributed by atoms with van der Waals surface area (Å²) in [6.45, 7) is 6.25. The van der Waals surface area contributed by atoms with Gasteiger partial charge in [0.05, 0.1) is 16.6 Å². The smallest absolute Gasteiger partial charge is 0.257 e. The second-order valence-electron chi connectivity index (χ2n) is 7.85. The number of thiocarbonyl (C=S) groups is 1. The van der Waals surface area contributed by atoms with Crippen LogP contribution >= 0.6 is 28.1 Å². The minimum absolute atomic E-state index is 0.0620. The Morgan fingerprint density at radius 1 is 1.17 bits per heavy atom. The molecule has 7 nitrogen and oxygen atoms in total. The molecule has 0 atom stereocenters. The van der Waals surface area contributed by atoms with Gasteiger partial charge in [0.15, 0.2) is 10.7 Å². The van der Waals surface area contributed by atoms with Crippen LogP contribution in [0.2, 0.25) is 0 Å². The van der Waals surface area contributed by atoms with Crippen LogP contribution in [0.5, 0.6) is 11.5 Å². The summed E-state index contributed by atoms with van der Waals surface area (Å²) in [7, 11) is 0. The summed E-state index contributed by atoms with van der Waals surface area (Å²) in [5.41, 5.74) is 4.53. The lowest BCUT2D eigenvalue weighted by atomic mass is 10.1. The molecule has 3 aromatic carbocycles. The Morgan fingerprint density at radius 2 is 1.97 bits per heavy atom.